The lowest BCUT2D eigenvalue weighted by Crippen LogP contribution is -2.36. The number of nitrogens with zero attached hydrogens (tertiary/aromatic N) is 4. The number of fused-ring (bicyclic) bond motifs is 2. The van der Waals surface area contributed by atoms with Crippen LogP contribution in [0.1, 0.15) is 33.4 Å². The van der Waals surface area contributed by atoms with Crippen molar-refractivity contribution >= 4 is 96.9 Å². The molecule has 1 unspecified atom stereocenters. The van der Waals surface area contributed by atoms with Gasteiger partial charge in [-0.05, 0) is 108 Å². The van der Waals surface area contributed by atoms with Gasteiger partial charge in [0.25, 0.3) is 5.91 Å². The van der Waals surface area contributed by atoms with Crippen LogP contribution in [0.15, 0.2) is 143 Å². The minimum atomic E-state index is -0.613. The molecule has 312 valence electrons. The number of carbonyl (C=O) groups excluding carboxylic acids is 2. The average molecular weight is 960 g/mol. The van der Waals surface area contributed by atoms with Gasteiger partial charge in [0.15, 0.2) is 0 Å². The van der Waals surface area contributed by atoms with Gasteiger partial charge in [-0.2, -0.15) is 0 Å². The highest BCUT2D eigenvalue weighted by Gasteiger charge is 2.31. The summed E-state index contributed by atoms with van der Waals surface area (Å²) in [4.78, 5) is 38.1. The van der Waals surface area contributed by atoms with Gasteiger partial charge in [0.1, 0.15) is 24.1 Å². The van der Waals surface area contributed by atoms with Crippen LogP contribution in [0, 0.1) is 0 Å². The minimum Gasteiger partial charge on any atom is -0.497 e. The number of rotatable bonds is 7. The van der Waals surface area contributed by atoms with Gasteiger partial charge in [-0.15, -0.1) is 0 Å². The number of benzodiazepines with no additional fused rings is 2. The van der Waals surface area contributed by atoms with Gasteiger partial charge < -0.3 is 19.3 Å². The lowest BCUT2D eigenvalue weighted by molar-refractivity contribution is -0.119. The van der Waals surface area contributed by atoms with E-state index in [9.17, 15) is 9.59 Å². The standard InChI is InChI=1S/C24H20Cl2N2O2.C17H15ClN2O2.C7H6BrCl/c1-28-22-12-9-17(25)14-19(22)23(15-7-10-18(30-2)11-8-15)27-21(24(28)29)13-16-5-3-4-6-20(16)26;1-20-15-8-5-12(18)9-14(15)17(19-10-16(20)21)11-3-6-13(22-2)7-4-11;8-5-6-3-1-2-4-7(6)9/h3-12,14,21H,13H2,1-2H3;3-9H,10H2,1-2H3;1-4H,5H2. The first-order valence-electron chi connectivity index (χ1n) is 19.0. The number of amides is 2. The third kappa shape index (κ3) is 11.0. The maximum atomic E-state index is 13.3. The van der Waals surface area contributed by atoms with Crippen molar-refractivity contribution in [1.82, 2.24) is 0 Å². The number of anilines is 2. The fourth-order valence-electron chi connectivity index (χ4n) is 6.66. The molecular formula is C48H41BrCl4N4O4. The van der Waals surface area contributed by atoms with Gasteiger partial charge in [-0.3, -0.25) is 19.6 Å². The van der Waals surface area contributed by atoms with Crippen LogP contribution in [0.25, 0.3) is 0 Å². The van der Waals surface area contributed by atoms with Crippen molar-refractivity contribution in [2.75, 3.05) is 44.7 Å². The molecule has 8 nitrogen and oxygen atoms in total. The molecule has 6 aromatic carbocycles. The molecule has 0 saturated carbocycles. The molecule has 2 aliphatic rings. The Morgan fingerprint density at radius 1 is 0.623 bits per heavy atom. The Balaban J connectivity index is 0.000000175. The first-order chi connectivity index (χ1) is 29.4. The van der Waals surface area contributed by atoms with Crippen LogP contribution in [-0.2, 0) is 21.3 Å². The molecule has 61 heavy (non-hydrogen) atoms. The molecule has 0 saturated heterocycles. The molecule has 1 atom stereocenters. The molecule has 13 heteroatoms. The van der Waals surface area contributed by atoms with E-state index in [-0.39, 0.29) is 18.4 Å². The number of aliphatic imine (C=N–C) groups is 2. The predicted octanol–water partition coefficient (Wildman–Crippen LogP) is 11.8. The first kappa shape index (κ1) is 45.4. The molecule has 0 radical (unpaired) electrons. The second kappa shape index (κ2) is 21.1. The average Bonchev–Trinajstić information content (AvgIpc) is 3.46. The number of benzene rings is 6. The second-order valence-electron chi connectivity index (χ2n) is 13.8. The molecule has 0 bridgehead atoms. The van der Waals surface area contributed by atoms with E-state index < -0.39 is 6.04 Å². The Morgan fingerprint density at radius 3 is 1.59 bits per heavy atom. The highest BCUT2D eigenvalue weighted by Crippen LogP contribution is 2.33. The molecule has 0 fully saturated rings. The van der Waals surface area contributed by atoms with Crippen LogP contribution < -0.4 is 19.3 Å². The van der Waals surface area contributed by atoms with Crippen LogP contribution in [0.3, 0.4) is 0 Å². The summed E-state index contributed by atoms with van der Waals surface area (Å²) in [5.74, 6) is 1.38. The molecular weight excluding hydrogens is 918 g/mol. The normalized spacial score (nSPS) is 14.4. The van der Waals surface area contributed by atoms with Crippen LogP contribution in [0.4, 0.5) is 11.4 Å². The van der Waals surface area contributed by atoms with Crippen LogP contribution in [-0.4, -0.2) is 64.1 Å². The molecule has 8 rings (SSSR count). The third-order valence-electron chi connectivity index (χ3n) is 10.00. The number of ether oxygens (including phenoxy) is 2. The molecule has 0 spiro atoms. The Morgan fingerprint density at radius 2 is 1.10 bits per heavy atom. The van der Waals surface area contributed by atoms with E-state index >= 15 is 0 Å². The molecule has 2 aliphatic heterocycles. The van der Waals surface area contributed by atoms with Crippen molar-refractivity contribution in [3.8, 4) is 11.5 Å². The van der Waals surface area contributed by atoms with Gasteiger partial charge in [0.05, 0.1) is 37.0 Å². The fourth-order valence-corrected chi connectivity index (χ4v) is 8.07. The number of likely N-dealkylation sites (N-methyl/N-ethyl adjacent to an activating group) is 2. The van der Waals surface area contributed by atoms with E-state index in [1.165, 1.54) is 0 Å². The number of alkyl halides is 1. The van der Waals surface area contributed by atoms with Crippen molar-refractivity contribution in [3.63, 3.8) is 0 Å². The quantitative estimate of drug-likeness (QED) is 0.149. The van der Waals surface area contributed by atoms with Crippen molar-refractivity contribution in [3.05, 3.63) is 187 Å². The van der Waals surface area contributed by atoms with Gasteiger partial charge in [-0.25, -0.2) is 0 Å². The summed E-state index contributed by atoms with van der Waals surface area (Å²) in [6.07, 6.45) is 0.407. The van der Waals surface area contributed by atoms with Crippen molar-refractivity contribution in [1.29, 1.82) is 0 Å². The number of hydrogen-bond acceptors (Lipinski definition) is 6. The summed E-state index contributed by atoms with van der Waals surface area (Å²) < 4.78 is 10.5. The zero-order valence-corrected chi connectivity index (χ0v) is 38.3. The molecule has 0 aromatic heterocycles. The van der Waals surface area contributed by atoms with Crippen LogP contribution in [0.5, 0.6) is 11.5 Å². The largest absolute Gasteiger partial charge is 0.497 e. The Bertz CT molecular complexity index is 2590. The summed E-state index contributed by atoms with van der Waals surface area (Å²) >= 11 is 27.9. The smallest absolute Gasteiger partial charge is 0.251 e. The molecule has 0 N–H and O–H groups in total. The number of carbonyl (C=O) groups is 2. The Kier molecular flexibility index (Phi) is 15.7. The molecule has 6 aromatic rings. The topological polar surface area (TPSA) is 83.8 Å². The van der Waals surface area contributed by atoms with E-state index in [0.29, 0.717) is 27.2 Å². The van der Waals surface area contributed by atoms with Gasteiger partial charge in [0, 0.05) is 68.2 Å². The molecule has 0 aliphatic carbocycles. The number of methoxy groups -OCH3 is 2. The highest BCUT2D eigenvalue weighted by molar-refractivity contribution is 9.08. The molecule has 2 amide bonds. The zero-order valence-electron chi connectivity index (χ0n) is 33.7. The summed E-state index contributed by atoms with van der Waals surface area (Å²) in [5.41, 5.74) is 8.53. The Hall–Kier alpha value is -5.16. The number of hydrogen-bond donors (Lipinski definition) is 0. The zero-order chi connectivity index (χ0) is 43.6. The fraction of sp³-hybridized carbons (Fsp3) is 0.167. The molecule has 2 heterocycles. The van der Waals surface area contributed by atoms with Gasteiger partial charge >= 0.3 is 0 Å². The second-order valence-corrected chi connectivity index (χ2v) is 16.1. The summed E-state index contributed by atoms with van der Waals surface area (Å²) in [7, 11) is 6.77. The summed E-state index contributed by atoms with van der Waals surface area (Å²) in [5, 5.41) is 3.48. The van der Waals surface area contributed by atoms with E-state index in [0.717, 1.165) is 72.3 Å². The van der Waals surface area contributed by atoms with Gasteiger partial charge in [-0.1, -0.05) is 98.7 Å². The van der Waals surface area contributed by atoms with Crippen molar-refractivity contribution in [2.45, 2.75) is 17.8 Å². The SMILES string of the molecule is COc1ccc(C2=NC(Cc3ccccc3Cl)C(=O)N(C)c3ccc(Cl)cc32)cc1.COc1ccc(C2=NCC(=O)N(C)c3ccc(Cl)cc32)cc1.Clc1ccccc1CBr. The van der Waals surface area contributed by atoms with E-state index in [1.54, 1.807) is 50.2 Å². The van der Waals surface area contributed by atoms with Crippen molar-refractivity contribution in [2.24, 2.45) is 9.98 Å². The van der Waals surface area contributed by atoms with Crippen molar-refractivity contribution < 1.29 is 19.1 Å². The summed E-state index contributed by atoms with van der Waals surface area (Å²) in [6.45, 7) is 0.115. The lowest BCUT2D eigenvalue weighted by Gasteiger charge is -2.21. The van der Waals surface area contributed by atoms with E-state index in [2.05, 4.69) is 20.9 Å². The minimum absolute atomic E-state index is 0.0490. The maximum Gasteiger partial charge on any atom is 0.251 e. The first-order valence-corrected chi connectivity index (χ1v) is 21.6. The third-order valence-corrected chi connectivity index (χ3v) is 11.8. The van der Waals surface area contributed by atoms with Crippen LogP contribution in [0.2, 0.25) is 20.1 Å². The van der Waals surface area contributed by atoms with Crippen LogP contribution >= 0.6 is 62.3 Å². The van der Waals surface area contributed by atoms with E-state index in [4.69, 9.17) is 60.9 Å². The number of halogens is 5. The van der Waals surface area contributed by atoms with Gasteiger partial charge in [0.2, 0.25) is 5.91 Å². The Labute approximate surface area is 384 Å². The summed E-state index contributed by atoms with van der Waals surface area (Å²) in [6, 6.07) is 40.9. The van der Waals surface area contributed by atoms with E-state index in [1.807, 2.05) is 121 Å². The monoisotopic (exact) mass is 956 g/mol. The highest BCUT2D eigenvalue weighted by atomic mass is 79.9. The predicted molar refractivity (Wildman–Crippen MR) is 255 cm³/mol. The lowest BCUT2D eigenvalue weighted by atomic mass is 10.00. The maximum absolute atomic E-state index is 13.3.